The Labute approximate surface area is 444 Å². The molecule has 398 valence electrons. The van der Waals surface area contributed by atoms with E-state index in [1.165, 1.54) is 5.56 Å². The normalized spacial score (nSPS) is 14.7. The van der Waals surface area contributed by atoms with E-state index in [1.807, 2.05) is 74.6 Å². The Bertz CT molecular complexity index is 2810. The van der Waals surface area contributed by atoms with Gasteiger partial charge in [-0.05, 0) is 116 Å². The molecule has 0 spiro atoms. The number of nitrogens with zero attached hydrogens (tertiary/aromatic N) is 2. The van der Waals surface area contributed by atoms with E-state index in [2.05, 4.69) is 85.9 Å². The summed E-state index contributed by atoms with van der Waals surface area (Å²) in [5, 5.41) is 28.4. The van der Waals surface area contributed by atoms with Crippen LogP contribution in [0.5, 0.6) is 5.75 Å². The molecule has 0 saturated carbocycles. The van der Waals surface area contributed by atoms with Gasteiger partial charge in [0.25, 0.3) is 6.01 Å². The summed E-state index contributed by atoms with van der Waals surface area (Å²) in [5.74, 6) is -0.874. The number of carboxylic acids is 1. The van der Waals surface area contributed by atoms with E-state index in [-0.39, 0.29) is 39.6 Å². The largest absolute Gasteiger partial charge is 0.483 e. The van der Waals surface area contributed by atoms with Gasteiger partial charge in [0, 0.05) is 55.0 Å². The van der Waals surface area contributed by atoms with Gasteiger partial charge in [0.2, 0.25) is 0 Å². The summed E-state index contributed by atoms with van der Waals surface area (Å²) >= 11 is 7.49. The molecule has 16 heteroatoms. The zero-order valence-corrected chi connectivity index (χ0v) is 45.8. The highest BCUT2D eigenvalue weighted by atomic mass is 35.5. The van der Waals surface area contributed by atoms with Gasteiger partial charge in [-0.1, -0.05) is 114 Å². The van der Waals surface area contributed by atoms with Crippen LogP contribution in [-0.2, 0) is 20.8 Å². The number of nitrogens with one attached hydrogen (secondary N) is 3. The van der Waals surface area contributed by atoms with E-state index in [9.17, 15) is 29.1 Å². The molecule has 0 fully saturated rings. The molecular formula is C58H74ClN5O9S. The van der Waals surface area contributed by atoms with Gasteiger partial charge >= 0.3 is 5.97 Å². The first-order valence-corrected chi connectivity index (χ1v) is 26.4. The summed E-state index contributed by atoms with van der Waals surface area (Å²) in [6.07, 6.45) is 15.2. The van der Waals surface area contributed by atoms with E-state index in [0.29, 0.717) is 41.6 Å². The van der Waals surface area contributed by atoms with Crippen molar-refractivity contribution in [2.45, 2.75) is 116 Å². The fourth-order valence-corrected chi connectivity index (χ4v) is 10.4. The first-order valence-electron chi connectivity index (χ1n) is 25.2. The first kappa shape index (κ1) is 60.2. The lowest BCUT2D eigenvalue weighted by Crippen LogP contribution is -2.33. The molecule has 6 aromatic rings. The number of halogens is 1. The number of rotatable bonds is 23. The van der Waals surface area contributed by atoms with Crippen LogP contribution in [0.1, 0.15) is 123 Å². The summed E-state index contributed by atoms with van der Waals surface area (Å²) in [6, 6.07) is 24.2. The molecule has 4 atom stereocenters. The van der Waals surface area contributed by atoms with Crippen LogP contribution in [0.2, 0.25) is 5.02 Å². The van der Waals surface area contributed by atoms with E-state index in [4.69, 9.17) is 25.9 Å². The van der Waals surface area contributed by atoms with Gasteiger partial charge in [0.1, 0.15) is 29.7 Å². The van der Waals surface area contributed by atoms with Crippen molar-refractivity contribution in [2.75, 3.05) is 50.4 Å². The van der Waals surface area contributed by atoms with Crippen molar-refractivity contribution in [1.29, 1.82) is 0 Å². The predicted molar refractivity (Wildman–Crippen MR) is 302 cm³/mol. The Balaban J connectivity index is 0.000000304. The zero-order chi connectivity index (χ0) is 54.4. The van der Waals surface area contributed by atoms with Crippen molar-refractivity contribution < 1.29 is 43.3 Å². The molecular weight excluding hydrogens is 978 g/mol. The van der Waals surface area contributed by atoms with Crippen molar-refractivity contribution in [3.8, 4) is 16.2 Å². The van der Waals surface area contributed by atoms with E-state index >= 15 is 0 Å². The molecule has 0 radical (unpaired) electrons. The highest BCUT2D eigenvalue weighted by molar-refractivity contribution is 7.18. The topological polar surface area (TPSA) is 200 Å². The van der Waals surface area contributed by atoms with Crippen LogP contribution in [0.15, 0.2) is 89.4 Å². The molecule has 7 rings (SSSR count). The number of likely N-dealkylation sites (N-methyl/N-ethyl adjacent to an activating group) is 1. The minimum atomic E-state index is -1.13. The number of carboxylic acid groups (broad SMARTS) is 1. The van der Waals surface area contributed by atoms with Gasteiger partial charge in [-0.15, -0.1) is 11.3 Å². The molecule has 0 saturated heterocycles. The van der Waals surface area contributed by atoms with Crippen LogP contribution in [0.25, 0.3) is 32.3 Å². The average molecular weight is 1050 g/mol. The van der Waals surface area contributed by atoms with Crippen LogP contribution in [-0.4, -0.2) is 99.3 Å². The molecule has 1 aliphatic rings. The third kappa shape index (κ3) is 16.1. The lowest BCUT2D eigenvalue weighted by molar-refractivity contribution is -0.110. The first-order chi connectivity index (χ1) is 35.7. The second-order valence-electron chi connectivity index (χ2n) is 18.8. The van der Waals surface area contributed by atoms with Gasteiger partial charge in [-0.3, -0.25) is 9.59 Å². The Kier molecular flexibility index (Phi) is 24.5. The second-order valence-corrected chi connectivity index (χ2v) is 20.2. The number of carbonyl (C=O) groups excluding carboxylic acids is 4. The lowest BCUT2D eigenvalue weighted by atomic mass is 9.82. The Hall–Kier alpha value is -6.39. The minimum Gasteiger partial charge on any atom is -0.483 e. The number of hydrogen-bond acceptors (Lipinski definition) is 14. The van der Waals surface area contributed by atoms with Crippen LogP contribution < -0.4 is 25.6 Å². The number of thiophene rings is 1. The molecule has 0 bridgehead atoms. The molecule has 2 heterocycles. The maximum Gasteiger partial charge on any atom is 0.349 e. The van der Waals surface area contributed by atoms with Gasteiger partial charge in [-0.25, -0.2) is 4.79 Å². The molecule has 0 aliphatic heterocycles. The standard InChI is InChI=1S/C32H33N3O4.C23H30ClNO4S.C2H7N.CH4O/c1-3-21-12-15-30-28(17-21)34-32(39-30)33-24-9-4-7-22(18-24)26-13-14-29(35(2)25(20-38)10-6-16-36)31-23(19-37)8-5-11-27(26)31;1-5-8-17(14-23(3,4)6-2)25-16-10-7-9-15(13-16)20-18(24)19(29-12-11-26)21(30-20)22(27)28;1-3-2;1-2/h4-5,8-9,11-17,19-20,22,24-25H,3,6-7,10,18H2,1-2H3,(H,33,34);7,9-11,13,17,25H,5-6,8,12,14H2,1-4H3,(H,27,28);3H,1-2H3;2H,1H3. The van der Waals surface area contributed by atoms with Crippen molar-refractivity contribution in [3.63, 3.8) is 0 Å². The monoisotopic (exact) mass is 1050 g/mol. The summed E-state index contributed by atoms with van der Waals surface area (Å²) in [4.78, 5) is 64.2. The number of aliphatic hydroxyl groups excluding tert-OH is 1. The summed E-state index contributed by atoms with van der Waals surface area (Å²) in [7, 11) is 6.59. The number of benzene rings is 4. The van der Waals surface area contributed by atoms with Crippen LogP contribution in [0.3, 0.4) is 0 Å². The molecule has 5 N–H and O–H groups in total. The van der Waals surface area contributed by atoms with Crippen LogP contribution in [0.4, 0.5) is 17.4 Å². The van der Waals surface area contributed by atoms with Crippen molar-refractivity contribution in [2.24, 2.45) is 5.41 Å². The van der Waals surface area contributed by atoms with E-state index in [1.54, 1.807) is 6.07 Å². The van der Waals surface area contributed by atoms with Crippen LogP contribution in [0, 0.1) is 5.41 Å². The zero-order valence-electron chi connectivity index (χ0n) is 44.2. The van der Waals surface area contributed by atoms with Gasteiger partial charge in [0.05, 0.1) is 10.9 Å². The van der Waals surface area contributed by atoms with Crippen LogP contribution >= 0.6 is 22.9 Å². The summed E-state index contributed by atoms with van der Waals surface area (Å²) in [6.45, 7) is 10.8. The number of aromatic nitrogens is 1. The third-order valence-corrected chi connectivity index (χ3v) is 14.6. The SMILES string of the molecule is CCCC(CC(C)(C)CC)Nc1cccc(-c2sc(C(=O)O)c(OCC=O)c2Cl)c1.CCc1ccc2oc(NC3C=CCC(c4ccc(N(C)C(C=O)CCC=O)c5c(C=O)cccc45)C3)nc2c1.CNC.CO. The Morgan fingerprint density at radius 2 is 1.74 bits per heavy atom. The molecule has 1 aliphatic carbocycles. The van der Waals surface area contributed by atoms with Gasteiger partial charge in [0.15, 0.2) is 28.8 Å². The number of aliphatic hydroxyl groups is 1. The van der Waals surface area contributed by atoms with Crippen molar-refractivity contribution in [1.82, 2.24) is 10.3 Å². The van der Waals surface area contributed by atoms with Gasteiger partial charge in [-0.2, -0.15) is 4.98 Å². The third-order valence-electron chi connectivity index (χ3n) is 13.0. The Morgan fingerprint density at radius 1 is 1.00 bits per heavy atom. The van der Waals surface area contributed by atoms with Crippen molar-refractivity contribution >= 4 is 93.3 Å². The van der Waals surface area contributed by atoms with Crippen molar-refractivity contribution in [3.05, 3.63) is 112 Å². The number of aryl methyl sites for hydroxylation is 1. The second kappa shape index (κ2) is 30.1. The fourth-order valence-electron chi connectivity index (χ4n) is 8.96. The number of aromatic carboxylic acids is 1. The lowest BCUT2D eigenvalue weighted by Gasteiger charge is -2.30. The molecule has 4 unspecified atom stereocenters. The number of carbonyl (C=O) groups is 5. The minimum absolute atomic E-state index is 0.0104. The number of fused-ring (bicyclic) bond motifs is 2. The molecule has 4 aromatic carbocycles. The van der Waals surface area contributed by atoms with E-state index in [0.717, 1.165) is 127 Å². The van der Waals surface area contributed by atoms with Gasteiger partial charge < -0.3 is 49.8 Å². The molecule has 14 nitrogen and oxygen atoms in total. The summed E-state index contributed by atoms with van der Waals surface area (Å²) in [5.41, 5.74) is 7.40. The van der Waals surface area contributed by atoms with E-state index < -0.39 is 12.0 Å². The molecule has 0 amide bonds. The highest BCUT2D eigenvalue weighted by Gasteiger charge is 2.27. The number of aldehydes is 4. The summed E-state index contributed by atoms with van der Waals surface area (Å²) < 4.78 is 11.3. The predicted octanol–water partition coefficient (Wildman–Crippen LogP) is 12.4. The highest BCUT2D eigenvalue weighted by Crippen LogP contribution is 2.46. The maximum atomic E-state index is 12.1. The smallest absolute Gasteiger partial charge is 0.349 e. The Morgan fingerprint density at radius 3 is 2.39 bits per heavy atom. The number of anilines is 3. The number of allylic oxidation sites excluding steroid dienone is 1. The fraction of sp³-hybridized carbons (Fsp3) is 0.414. The number of hydrogen-bond donors (Lipinski definition) is 5. The average Bonchev–Trinajstić information content (AvgIpc) is 3.97. The quantitative estimate of drug-likeness (QED) is 0.0300. The number of oxazole rings is 1. The molecule has 2 aromatic heterocycles. The number of ether oxygens (including phenoxy) is 1. The maximum absolute atomic E-state index is 12.1. The molecule has 74 heavy (non-hydrogen) atoms.